The maximum absolute atomic E-state index is 12.1. The summed E-state index contributed by atoms with van der Waals surface area (Å²) in [7, 11) is 0. The standard InChI is InChI=1S/C22H39NO2/c1-17(2)11-9-12-20(7)13-10-14-21(8)15-16-25-22(24)23(18(3)4)19(5)6/h11,13,15,18-19H,9-10,12,14,16H2,1-8H3/b20-13+,21-15+. The van der Waals surface area contributed by atoms with Crippen LogP contribution in [-0.2, 0) is 4.74 Å². The number of hydrogen-bond acceptors (Lipinski definition) is 2. The minimum atomic E-state index is -0.232. The highest BCUT2D eigenvalue weighted by Gasteiger charge is 2.20. The monoisotopic (exact) mass is 349 g/mol. The van der Waals surface area contributed by atoms with Crippen LogP contribution in [0.4, 0.5) is 4.79 Å². The third-order valence-electron chi connectivity index (χ3n) is 4.08. The Morgan fingerprint density at radius 2 is 1.32 bits per heavy atom. The lowest BCUT2D eigenvalue weighted by Gasteiger charge is -2.29. The molecule has 0 saturated carbocycles. The number of hydrogen-bond donors (Lipinski definition) is 0. The number of carbonyl (C=O) groups excluding carboxylic acids is 1. The summed E-state index contributed by atoms with van der Waals surface area (Å²) in [6.45, 7) is 17.0. The molecule has 0 aliphatic carbocycles. The third kappa shape index (κ3) is 11.6. The highest BCUT2D eigenvalue weighted by atomic mass is 16.6. The first-order chi connectivity index (χ1) is 11.6. The summed E-state index contributed by atoms with van der Waals surface area (Å²) in [4.78, 5) is 13.9. The van der Waals surface area contributed by atoms with Gasteiger partial charge < -0.3 is 9.64 Å². The van der Waals surface area contributed by atoms with E-state index in [4.69, 9.17) is 4.74 Å². The lowest BCUT2D eigenvalue weighted by atomic mass is 10.1. The molecule has 0 bridgehead atoms. The zero-order valence-corrected chi connectivity index (χ0v) is 17.7. The van der Waals surface area contributed by atoms with Crippen molar-refractivity contribution in [2.24, 2.45) is 0 Å². The molecule has 144 valence electrons. The van der Waals surface area contributed by atoms with Crippen molar-refractivity contribution >= 4 is 6.09 Å². The van der Waals surface area contributed by atoms with E-state index in [1.54, 1.807) is 4.90 Å². The van der Waals surface area contributed by atoms with Crippen LogP contribution in [0.15, 0.2) is 34.9 Å². The molecule has 0 radical (unpaired) electrons. The Kier molecular flexibility index (Phi) is 12.0. The minimum Gasteiger partial charge on any atom is -0.445 e. The molecule has 0 spiro atoms. The van der Waals surface area contributed by atoms with Crippen LogP contribution in [0.1, 0.15) is 81.1 Å². The SMILES string of the molecule is CC(C)=CCC/C(C)=C/CC/C(C)=C/COC(=O)N(C(C)C)C(C)C. The summed E-state index contributed by atoms with van der Waals surface area (Å²) in [6.07, 6.45) is 10.7. The molecular formula is C22H39NO2. The Morgan fingerprint density at radius 1 is 0.840 bits per heavy atom. The number of allylic oxidation sites excluding steroid dienone is 5. The molecule has 0 aliphatic rings. The van der Waals surface area contributed by atoms with E-state index < -0.39 is 0 Å². The average molecular weight is 350 g/mol. The van der Waals surface area contributed by atoms with Gasteiger partial charge in [-0.25, -0.2) is 4.79 Å². The third-order valence-corrected chi connectivity index (χ3v) is 4.08. The van der Waals surface area contributed by atoms with E-state index in [9.17, 15) is 4.79 Å². The summed E-state index contributed by atoms with van der Waals surface area (Å²) in [5.41, 5.74) is 4.10. The lowest BCUT2D eigenvalue weighted by molar-refractivity contribution is 0.0874. The van der Waals surface area contributed by atoms with Gasteiger partial charge in [0.2, 0.25) is 0 Å². The molecule has 0 unspecified atom stereocenters. The van der Waals surface area contributed by atoms with Gasteiger partial charge >= 0.3 is 6.09 Å². The quantitative estimate of drug-likeness (QED) is 0.413. The zero-order chi connectivity index (χ0) is 19.4. The molecule has 0 atom stereocenters. The summed E-state index contributed by atoms with van der Waals surface area (Å²) in [5, 5.41) is 0. The molecule has 25 heavy (non-hydrogen) atoms. The topological polar surface area (TPSA) is 29.5 Å². The van der Waals surface area contributed by atoms with Crippen molar-refractivity contribution in [3.05, 3.63) is 34.9 Å². The van der Waals surface area contributed by atoms with Crippen LogP contribution in [0.25, 0.3) is 0 Å². The first kappa shape index (κ1) is 23.5. The first-order valence-corrected chi connectivity index (χ1v) is 9.54. The van der Waals surface area contributed by atoms with E-state index in [1.165, 1.54) is 16.7 Å². The van der Waals surface area contributed by atoms with Gasteiger partial charge in [-0.15, -0.1) is 0 Å². The van der Waals surface area contributed by atoms with Gasteiger partial charge in [0, 0.05) is 12.1 Å². The Balaban J connectivity index is 4.21. The fourth-order valence-electron chi connectivity index (χ4n) is 2.69. The maximum atomic E-state index is 12.1. The van der Waals surface area contributed by atoms with Crippen LogP contribution in [-0.4, -0.2) is 29.7 Å². The van der Waals surface area contributed by atoms with Gasteiger partial charge in [-0.3, -0.25) is 0 Å². The molecule has 0 fully saturated rings. The van der Waals surface area contributed by atoms with Crippen molar-refractivity contribution in [1.29, 1.82) is 0 Å². The summed E-state index contributed by atoms with van der Waals surface area (Å²) in [5.74, 6) is 0. The average Bonchev–Trinajstić information content (AvgIpc) is 2.45. The first-order valence-electron chi connectivity index (χ1n) is 9.54. The van der Waals surface area contributed by atoms with Crippen molar-refractivity contribution in [3.63, 3.8) is 0 Å². The summed E-state index contributed by atoms with van der Waals surface area (Å²) >= 11 is 0. The Bertz CT molecular complexity index is 472. The van der Waals surface area contributed by atoms with Crippen LogP contribution in [0.3, 0.4) is 0 Å². The summed E-state index contributed by atoms with van der Waals surface area (Å²) in [6, 6.07) is 0.300. The molecule has 1 amide bonds. The van der Waals surface area contributed by atoms with E-state index in [-0.39, 0.29) is 18.2 Å². The number of ether oxygens (including phenoxy) is 1. The van der Waals surface area contributed by atoms with Crippen LogP contribution in [0.2, 0.25) is 0 Å². The van der Waals surface area contributed by atoms with Crippen molar-refractivity contribution in [3.8, 4) is 0 Å². The van der Waals surface area contributed by atoms with Gasteiger partial charge in [-0.05, 0) is 87.1 Å². The fourth-order valence-corrected chi connectivity index (χ4v) is 2.69. The van der Waals surface area contributed by atoms with Crippen molar-refractivity contribution in [2.45, 2.75) is 93.2 Å². The van der Waals surface area contributed by atoms with E-state index in [0.717, 1.165) is 25.7 Å². The maximum Gasteiger partial charge on any atom is 0.410 e. The summed E-state index contributed by atoms with van der Waals surface area (Å²) < 4.78 is 5.39. The van der Waals surface area contributed by atoms with Gasteiger partial charge in [-0.2, -0.15) is 0 Å². The van der Waals surface area contributed by atoms with Gasteiger partial charge in [0.1, 0.15) is 6.61 Å². The van der Waals surface area contributed by atoms with Crippen LogP contribution in [0.5, 0.6) is 0 Å². The van der Waals surface area contributed by atoms with Gasteiger partial charge in [-0.1, -0.05) is 28.9 Å². The van der Waals surface area contributed by atoms with Crippen LogP contribution < -0.4 is 0 Å². The second kappa shape index (κ2) is 12.8. The number of amides is 1. The Labute approximate surface area is 155 Å². The molecular weight excluding hydrogens is 310 g/mol. The van der Waals surface area contributed by atoms with Crippen LogP contribution >= 0.6 is 0 Å². The van der Waals surface area contributed by atoms with Crippen molar-refractivity contribution < 1.29 is 9.53 Å². The Hall–Kier alpha value is -1.51. The molecule has 0 heterocycles. The predicted molar refractivity (Wildman–Crippen MR) is 109 cm³/mol. The molecule has 0 aromatic rings. The van der Waals surface area contributed by atoms with E-state index in [2.05, 4.69) is 39.8 Å². The minimum absolute atomic E-state index is 0.150. The van der Waals surface area contributed by atoms with E-state index >= 15 is 0 Å². The largest absolute Gasteiger partial charge is 0.445 e. The molecule has 0 N–H and O–H groups in total. The normalized spacial score (nSPS) is 12.6. The fraction of sp³-hybridized carbons (Fsp3) is 0.682. The number of rotatable bonds is 10. The smallest absolute Gasteiger partial charge is 0.410 e. The van der Waals surface area contributed by atoms with E-state index in [0.29, 0.717) is 6.61 Å². The molecule has 0 rings (SSSR count). The molecule has 0 saturated heterocycles. The van der Waals surface area contributed by atoms with Crippen molar-refractivity contribution in [2.75, 3.05) is 6.61 Å². The van der Waals surface area contributed by atoms with Gasteiger partial charge in [0.25, 0.3) is 0 Å². The molecule has 3 heteroatoms. The lowest BCUT2D eigenvalue weighted by Crippen LogP contribution is -2.42. The Morgan fingerprint density at radius 3 is 1.80 bits per heavy atom. The zero-order valence-electron chi connectivity index (χ0n) is 17.7. The molecule has 0 aromatic carbocycles. The molecule has 3 nitrogen and oxygen atoms in total. The second-order valence-electron chi connectivity index (χ2n) is 7.63. The highest BCUT2D eigenvalue weighted by molar-refractivity contribution is 5.68. The van der Waals surface area contributed by atoms with Gasteiger partial charge in [0.05, 0.1) is 0 Å². The van der Waals surface area contributed by atoms with Crippen LogP contribution in [0, 0.1) is 0 Å². The van der Waals surface area contributed by atoms with Gasteiger partial charge in [0.15, 0.2) is 0 Å². The van der Waals surface area contributed by atoms with Crippen molar-refractivity contribution in [1.82, 2.24) is 4.90 Å². The van der Waals surface area contributed by atoms with E-state index in [1.807, 2.05) is 33.8 Å². The number of carbonyl (C=O) groups is 1. The highest BCUT2D eigenvalue weighted by Crippen LogP contribution is 2.12. The predicted octanol–water partition coefficient (Wildman–Crippen LogP) is 6.66. The molecule has 0 aromatic heterocycles. The second-order valence-corrected chi connectivity index (χ2v) is 7.63. The molecule has 0 aliphatic heterocycles. The number of nitrogens with zero attached hydrogens (tertiary/aromatic N) is 1.